The van der Waals surface area contributed by atoms with Crippen LogP contribution in [0.15, 0.2) is 25.3 Å². The summed E-state index contributed by atoms with van der Waals surface area (Å²) in [6.45, 7) is 11.0. The molecule has 0 aromatic heterocycles. The highest BCUT2D eigenvalue weighted by atomic mass is 32.1. The van der Waals surface area contributed by atoms with Gasteiger partial charge >= 0.3 is 0 Å². The summed E-state index contributed by atoms with van der Waals surface area (Å²) in [5.41, 5.74) is 0. The number of hydrogen-bond acceptors (Lipinski definition) is 1. The molecular formula is C9H15NS. The molecule has 0 saturated carbocycles. The minimum Gasteiger partial charge on any atom is -0.359 e. The molecule has 0 aromatic carbocycles. The smallest absolute Gasteiger partial charge is 0.0782 e. The van der Waals surface area contributed by atoms with Gasteiger partial charge in [0, 0.05) is 13.1 Å². The first-order valence-electron chi connectivity index (χ1n) is 3.75. The van der Waals surface area contributed by atoms with E-state index >= 15 is 0 Å². The summed E-state index contributed by atoms with van der Waals surface area (Å²) < 4.78 is 0. The summed E-state index contributed by atoms with van der Waals surface area (Å²) in [7, 11) is 0. The van der Waals surface area contributed by atoms with Crippen molar-refractivity contribution in [1.29, 1.82) is 0 Å². The van der Waals surface area contributed by atoms with E-state index in [9.17, 15) is 0 Å². The van der Waals surface area contributed by atoms with Crippen LogP contribution in [-0.2, 0) is 0 Å². The molecule has 0 fully saturated rings. The van der Waals surface area contributed by atoms with Gasteiger partial charge in [0.1, 0.15) is 0 Å². The second kappa shape index (κ2) is 6.10. The lowest BCUT2D eigenvalue weighted by atomic mass is 10.4. The zero-order valence-corrected chi connectivity index (χ0v) is 7.86. The van der Waals surface area contributed by atoms with Gasteiger partial charge in [-0.15, -0.1) is 13.2 Å². The lowest BCUT2D eigenvalue weighted by molar-refractivity contribution is 0.514. The van der Waals surface area contributed by atoms with Crippen molar-refractivity contribution in [2.75, 3.05) is 13.1 Å². The van der Waals surface area contributed by atoms with Gasteiger partial charge in [0.15, 0.2) is 0 Å². The van der Waals surface area contributed by atoms with Crippen molar-refractivity contribution < 1.29 is 0 Å². The van der Waals surface area contributed by atoms with Crippen LogP contribution in [0.3, 0.4) is 0 Å². The van der Waals surface area contributed by atoms with E-state index in [-0.39, 0.29) is 0 Å². The van der Waals surface area contributed by atoms with Crippen molar-refractivity contribution in [3.05, 3.63) is 25.3 Å². The van der Waals surface area contributed by atoms with Crippen molar-refractivity contribution in [3.8, 4) is 0 Å². The first-order chi connectivity index (χ1) is 5.26. The summed E-state index contributed by atoms with van der Waals surface area (Å²) in [5, 5.41) is 0. The topological polar surface area (TPSA) is 3.24 Å². The Labute approximate surface area is 74.4 Å². The highest BCUT2D eigenvalue weighted by Gasteiger charge is 2.01. The molecule has 0 unspecified atom stereocenters. The molecule has 0 spiro atoms. The molecule has 1 nitrogen and oxygen atoms in total. The van der Waals surface area contributed by atoms with E-state index in [2.05, 4.69) is 25.0 Å². The zero-order valence-electron chi connectivity index (χ0n) is 7.05. The number of thiocarbonyl (C=S) groups is 1. The van der Waals surface area contributed by atoms with E-state index in [1.165, 1.54) is 0 Å². The van der Waals surface area contributed by atoms with E-state index in [0.717, 1.165) is 24.5 Å². The van der Waals surface area contributed by atoms with Gasteiger partial charge in [-0.05, 0) is 6.42 Å². The van der Waals surface area contributed by atoms with E-state index in [0.29, 0.717) is 0 Å². The van der Waals surface area contributed by atoms with E-state index in [4.69, 9.17) is 12.2 Å². The molecule has 62 valence electrons. The molecule has 0 heterocycles. The first-order valence-corrected chi connectivity index (χ1v) is 4.16. The molecule has 0 amide bonds. The summed E-state index contributed by atoms with van der Waals surface area (Å²) in [4.78, 5) is 3.06. The van der Waals surface area contributed by atoms with Crippen LogP contribution in [0.2, 0.25) is 0 Å². The zero-order chi connectivity index (χ0) is 8.69. The third-order valence-corrected chi connectivity index (χ3v) is 1.90. The maximum atomic E-state index is 5.14. The van der Waals surface area contributed by atoms with Gasteiger partial charge in [-0.1, -0.05) is 31.3 Å². The Balaban J connectivity index is 3.95. The molecule has 0 aliphatic carbocycles. The predicted molar refractivity (Wildman–Crippen MR) is 54.9 cm³/mol. The van der Waals surface area contributed by atoms with Crippen LogP contribution in [0.1, 0.15) is 13.3 Å². The minimum absolute atomic E-state index is 0.818. The number of rotatable bonds is 5. The van der Waals surface area contributed by atoms with Crippen LogP contribution in [0.4, 0.5) is 0 Å². The second-order valence-electron chi connectivity index (χ2n) is 2.23. The van der Waals surface area contributed by atoms with Crippen molar-refractivity contribution in [1.82, 2.24) is 4.90 Å². The number of nitrogens with zero attached hydrogens (tertiary/aromatic N) is 1. The van der Waals surface area contributed by atoms with E-state index in [1.54, 1.807) is 0 Å². The summed E-state index contributed by atoms with van der Waals surface area (Å²) in [6, 6.07) is 0. The average molecular weight is 169 g/mol. The van der Waals surface area contributed by atoms with E-state index < -0.39 is 0 Å². The molecule has 11 heavy (non-hydrogen) atoms. The van der Waals surface area contributed by atoms with Crippen molar-refractivity contribution in [2.45, 2.75) is 13.3 Å². The maximum absolute atomic E-state index is 5.14. The monoisotopic (exact) mass is 169 g/mol. The Hall–Kier alpha value is -0.630. The summed E-state index contributed by atoms with van der Waals surface area (Å²) >= 11 is 5.14. The Morgan fingerprint density at radius 1 is 1.36 bits per heavy atom. The molecule has 0 aliphatic rings. The average Bonchev–Trinajstić information content (AvgIpc) is 2.03. The Morgan fingerprint density at radius 3 is 2.09 bits per heavy atom. The molecule has 0 aromatic rings. The third kappa shape index (κ3) is 3.94. The lowest BCUT2D eigenvalue weighted by Crippen LogP contribution is -2.29. The van der Waals surface area contributed by atoms with Crippen LogP contribution in [-0.4, -0.2) is 23.0 Å². The molecule has 0 aliphatic heterocycles. The standard InChI is InChI=1S/C9H15NS/c1-4-7-10(8-5-2)9(11)6-3/h4-5H,1-2,6-8H2,3H3. The van der Waals surface area contributed by atoms with Crippen molar-refractivity contribution in [3.63, 3.8) is 0 Å². The lowest BCUT2D eigenvalue weighted by Gasteiger charge is -2.20. The highest BCUT2D eigenvalue weighted by molar-refractivity contribution is 7.80. The van der Waals surface area contributed by atoms with Gasteiger partial charge in [-0.25, -0.2) is 0 Å². The molecule has 0 atom stereocenters. The Kier molecular flexibility index (Phi) is 5.75. The highest BCUT2D eigenvalue weighted by Crippen LogP contribution is 1.96. The Morgan fingerprint density at radius 2 is 1.82 bits per heavy atom. The largest absolute Gasteiger partial charge is 0.359 e. The third-order valence-electron chi connectivity index (χ3n) is 1.35. The molecule has 0 N–H and O–H groups in total. The van der Waals surface area contributed by atoms with Gasteiger partial charge in [0.25, 0.3) is 0 Å². The van der Waals surface area contributed by atoms with Crippen LogP contribution in [0, 0.1) is 0 Å². The summed E-state index contributed by atoms with van der Waals surface area (Å²) in [6.07, 6.45) is 4.62. The van der Waals surface area contributed by atoms with Gasteiger partial charge in [0.05, 0.1) is 4.99 Å². The fraction of sp³-hybridized carbons (Fsp3) is 0.444. The maximum Gasteiger partial charge on any atom is 0.0782 e. The molecule has 0 rings (SSSR count). The molecule has 0 bridgehead atoms. The normalized spacial score (nSPS) is 8.82. The van der Waals surface area contributed by atoms with Crippen LogP contribution < -0.4 is 0 Å². The summed E-state index contributed by atoms with van der Waals surface area (Å²) in [5.74, 6) is 0. The molecular weight excluding hydrogens is 154 g/mol. The van der Waals surface area contributed by atoms with Gasteiger partial charge in [-0.2, -0.15) is 0 Å². The van der Waals surface area contributed by atoms with E-state index in [1.807, 2.05) is 12.2 Å². The quantitative estimate of drug-likeness (QED) is 0.459. The fourth-order valence-electron chi connectivity index (χ4n) is 0.813. The molecule has 0 saturated heterocycles. The van der Waals surface area contributed by atoms with Crippen LogP contribution in [0.5, 0.6) is 0 Å². The minimum atomic E-state index is 0.818. The van der Waals surface area contributed by atoms with Gasteiger partial charge < -0.3 is 4.90 Å². The van der Waals surface area contributed by atoms with Crippen LogP contribution >= 0.6 is 12.2 Å². The first kappa shape index (κ1) is 10.4. The molecule has 0 radical (unpaired) electrons. The van der Waals surface area contributed by atoms with Crippen molar-refractivity contribution >= 4 is 17.2 Å². The fourth-order valence-corrected chi connectivity index (χ4v) is 0.963. The van der Waals surface area contributed by atoms with Gasteiger partial charge in [0.2, 0.25) is 0 Å². The number of hydrogen-bond donors (Lipinski definition) is 0. The molecule has 2 heteroatoms. The SMILES string of the molecule is C=CCN(CC=C)C(=S)CC. The Bertz CT molecular complexity index is 142. The van der Waals surface area contributed by atoms with Crippen LogP contribution in [0.25, 0.3) is 0 Å². The second-order valence-corrected chi connectivity index (χ2v) is 2.70. The van der Waals surface area contributed by atoms with Gasteiger partial charge in [-0.3, -0.25) is 0 Å². The predicted octanol–water partition coefficient (Wildman–Crippen LogP) is 2.40. The van der Waals surface area contributed by atoms with Crippen molar-refractivity contribution in [2.24, 2.45) is 0 Å².